The summed E-state index contributed by atoms with van der Waals surface area (Å²) in [5.74, 6) is 3.11. The quantitative estimate of drug-likeness (QED) is 0.612. The predicted octanol–water partition coefficient (Wildman–Crippen LogP) is 5.98. The minimum atomic E-state index is -0.184. The standard InChI is InChI=1S/C25H38O3/c1-17(2)25(27)28-16-24-14-22(12-13-23(24)15-26)21-10-8-20(9-11-21)19-6-4-18(3)5-7-19/h12-14,17-21,26H,4-11,15-16H2,1-3H3. The molecule has 2 aliphatic rings. The minimum absolute atomic E-state index is 0.0122. The van der Waals surface area contributed by atoms with Gasteiger partial charge in [-0.05, 0) is 78.9 Å². The summed E-state index contributed by atoms with van der Waals surface area (Å²) in [5.41, 5.74) is 3.17. The van der Waals surface area contributed by atoms with Gasteiger partial charge in [-0.25, -0.2) is 0 Å². The zero-order chi connectivity index (χ0) is 20.1. The Morgan fingerprint density at radius 3 is 2.18 bits per heavy atom. The third kappa shape index (κ3) is 5.37. The number of rotatable bonds is 6. The summed E-state index contributed by atoms with van der Waals surface area (Å²) in [7, 11) is 0. The zero-order valence-corrected chi connectivity index (χ0v) is 18.0. The molecule has 3 nitrogen and oxygen atoms in total. The Labute approximate surface area is 170 Å². The van der Waals surface area contributed by atoms with Gasteiger partial charge in [0.2, 0.25) is 0 Å². The summed E-state index contributed by atoms with van der Waals surface area (Å²) < 4.78 is 5.43. The van der Waals surface area contributed by atoms with Crippen molar-refractivity contribution in [1.82, 2.24) is 0 Å². The van der Waals surface area contributed by atoms with Gasteiger partial charge in [0, 0.05) is 0 Å². The lowest BCUT2D eigenvalue weighted by Crippen LogP contribution is -2.24. The first-order valence-corrected chi connectivity index (χ1v) is 11.4. The second kappa shape index (κ2) is 9.91. The number of aliphatic hydroxyl groups is 1. The van der Waals surface area contributed by atoms with Crippen molar-refractivity contribution in [2.24, 2.45) is 23.7 Å². The molecular weight excluding hydrogens is 348 g/mol. The lowest BCUT2D eigenvalue weighted by Gasteiger charge is -2.37. The average molecular weight is 387 g/mol. The zero-order valence-electron chi connectivity index (χ0n) is 18.0. The molecule has 0 atom stereocenters. The van der Waals surface area contributed by atoms with Crippen molar-refractivity contribution in [3.05, 3.63) is 34.9 Å². The fourth-order valence-corrected chi connectivity index (χ4v) is 5.19. The van der Waals surface area contributed by atoms with E-state index in [1.807, 2.05) is 19.9 Å². The van der Waals surface area contributed by atoms with Crippen molar-refractivity contribution in [2.45, 2.75) is 91.3 Å². The van der Waals surface area contributed by atoms with Gasteiger partial charge in [-0.2, -0.15) is 0 Å². The first kappa shape index (κ1) is 21.4. The van der Waals surface area contributed by atoms with Crippen LogP contribution in [0, 0.1) is 23.7 Å². The topological polar surface area (TPSA) is 46.5 Å². The van der Waals surface area contributed by atoms with Gasteiger partial charge in [0.25, 0.3) is 0 Å². The fourth-order valence-electron chi connectivity index (χ4n) is 5.19. The van der Waals surface area contributed by atoms with Crippen LogP contribution in [0.4, 0.5) is 0 Å². The van der Waals surface area contributed by atoms with Gasteiger partial charge in [0.05, 0.1) is 12.5 Å². The molecule has 2 fully saturated rings. The third-order valence-corrected chi connectivity index (χ3v) is 7.21. The number of carbonyl (C=O) groups excluding carboxylic acids is 1. The number of ether oxygens (including phenoxy) is 1. The molecule has 28 heavy (non-hydrogen) atoms. The van der Waals surface area contributed by atoms with E-state index < -0.39 is 0 Å². The van der Waals surface area contributed by atoms with E-state index >= 15 is 0 Å². The lowest BCUT2D eigenvalue weighted by molar-refractivity contribution is -0.148. The summed E-state index contributed by atoms with van der Waals surface area (Å²) >= 11 is 0. The molecule has 2 saturated carbocycles. The lowest BCUT2D eigenvalue weighted by atomic mass is 9.68. The minimum Gasteiger partial charge on any atom is -0.461 e. The molecule has 0 aliphatic heterocycles. The van der Waals surface area contributed by atoms with Crippen LogP contribution in [0.2, 0.25) is 0 Å². The summed E-state index contributed by atoms with van der Waals surface area (Å²) in [6, 6.07) is 6.36. The van der Waals surface area contributed by atoms with Crippen LogP contribution in [0.3, 0.4) is 0 Å². The van der Waals surface area contributed by atoms with Crippen molar-refractivity contribution >= 4 is 5.97 Å². The maximum atomic E-state index is 11.8. The van der Waals surface area contributed by atoms with Crippen LogP contribution in [0.25, 0.3) is 0 Å². The van der Waals surface area contributed by atoms with Crippen LogP contribution in [0.15, 0.2) is 18.2 Å². The molecule has 3 rings (SSSR count). The van der Waals surface area contributed by atoms with Gasteiger partial charge < -0.3 is 9.84 Å². The summed E-state index contributed by atoms with van der Waals surface area (Å²) in [4.78, 5) is 11.8. The first-order valence-electron chi connectivity index (χ1n) is 11.4. The highest BCUT2D eigenvalue weighted by Crippen LogP contribution is 2.44. The second-order valence-corrected chi connectivity index (χ2v) is 9.58. The van der Waals surface area contributed by atoms with Crippen molar-refractivity contribution in [3.63, 3.8) is 0 Å². The van der Waals surface area contributed by atoms with E-state index in [1.54, 1.807) is 0 Å². The molecule has 0 unspecified atom stereocenters. The second-order valence-electron chi connectivity index (χ2n) is 9.58. The van der Waals surface area contributed by atoms with Gasteiger partial charge in [0.1, 0.15) is 6.61 Å². The van der Waals surface area contributed by atoms with Crippen LogP contribution in [-0.2, 0) is 22.7 Å². The van der Waals surface area contributed by atoms with E-state index in [-0.39, 0.29) is 25.1 Å². The normalized spacial score (nSPS) is 28.3. The molecule has 1 aromatic carbocycles. The molecule has 156 valence electrons. The Morgan fingerprint density at radius 2 is 1.61 bits per heavy atom. The maximum Gasteiger partial charge on any atom is 0.308 e. The van der Waals surface area contributed by atoms with Gasteiger partial charge in [-0.3, -0.25) is 4.79 Å². The number of hydrogen-bond donors (Lipinski definition) is 1. The molecule has 0 saturated heterocycles. The van der Waals surface area contributed by atoms with Gasteiger partial charge in [-0.1, -0.05) is 51.8 Å². The van der Waals surface area contributed by atoms with Crippen LogP contribution in [0.5, 0.6) is 0 Å². The molecule has 0 radical (unpaired) electrons. The Hall–Kier alpha value is -1.35. The summed E-state index contributed by atoms with van der Waals surface area (Å²) in [6.45, 7) is 6.34. The Kier molecular flexibility index (Phi) is 7.56. The number of esters is 1. The number of carbonyl (C=O) groups is 1. The molecule has 3 heteroatoms. The predicted molar refractivity (Wildman–Crippen MR) is 113 cm³/mol. The number of aliphatic hydroxyl groups excluding tert-OH is 1. The van der Waals surface area contributed by atoms with E-state index in [1.165, 1.54) is 56.9 Å². The highest BCUT2D eigenvalue weighted by Gasteiger charge is 2.30. The molecule has 0 bridgehead atoms. The van der Waals surface area contributed by atoms with E-state index in [9.17, 15) is 9.90 Å². The fraction of sp³-hybridized carbons (Fsp3) is 0.720. The van der Waals surface area contributed by atoms with Crippen molar-refractivity contribution in [3.8, 4) is 0 Å². The van der Waals surface area contributed by atoms with Crippen molar-refractivity contribution < 1.29 is 14.6 Å². The van der Waals surface area contributed by atoms with Gasteiger partial charge in [-0.15, -0.1) is 0 Å². The van der Waals surface area contributed by atoms with Crippen LogP contribution >= 0.6 is 0 Å². The monoisotopic (exact) mass is 386 g/mol. The third-order valence-electron chi connectivity index (χ3n) is 7.21. The highest BCUT2D eigenvalue weighted by molar-refractivity contribution is 5.71. The first-order chi connectivity index (χ1) is 13.5. The Balaban J connectivity index is 1.59. The van der Waals surface area contributed by atoms with Crippen molar-refractivity contribution in [1.29, 1.82) is 0 Å². The van der Waals surface area contributed by atoms with Gasteiger partial charge >= 0.3 is 5.97 Å². The Morgan fingerprint density at radius 1 is 1.00 bits per heavy atom. The van der Waals surface area contributed by atoms with Crippen LogP contribution in [0.1, 0.15) is 94.7 Å². The van der Waals surface area contributed by atoms with E-state index in [0.29, 0.717) is 5.92 Å². The van der Waals surface area contributed by atoms with E-state index in [2.05, 4.69) is 19.1 Å². The average Bonchev–Trinajstić information content (AvgIpc) is 2.72. The van der Waals surface area contributed by atoms with Crippen LogP contribution in [-0.4, -0.2) is 11.1 Å². The maximum absolute atomic E-state index is 11.8. The molecule has 0 aromatic heterocycles. The molecule has 1 aromatic rings. The summed E-state index contributed by atoms with van der Waals surface area (Å²) in [6.07, 6.45) is 10.9. The van der Waals surface area contributed by atoms with Crippen molar-refractivity contribution in [2.75, 3.05) is 0 Å². The summed E-state index contributed by atoms with van der Waals surface area (Å²) in [5, 5.41) is 9.65. The molecule has 1 N–H and O–H groups in total. The van der Waals surface area contributed by atoms with E-state index in [4.69, 9.17) is 4.74 Å². The molecule has 2 aliphatic carbocycles. The SMILES string of the molecule is CC1CCC(C2CCC(c3ccc(CO)c(COC(=O)C(C)C)c3)CC2)CC1. The van der Waals surface area contributed by atoms with Crippen LogP contribution < -0.4 is 0 Å². The van der Waals surface area contributed by atoms with Gasteiger partial charge in [0.15, 0.2) is 0 Å². The van der Waals surface area contributed by atoms with E-state index in [0.717, 1.165) is 28.9 Å². The highest BCUT2D eigenvalue weighted by atomic mass is 16.5. The molecule has 0 heterocycles. The number of hydrogen-bond acceptors (Lipinski definition) is 3. The molecular formula is C25H38O3. The largest absolute Gasteiger partial charge is 0.461 e. The Bertz CT molecular complexity index is 635. The number of benzene rings is 1. The molecule has 0 amide bonds. The molecule has 0 spiro atoms. The smallest absolute Gasteiger partial charge is 0.308 e.